The van der Waals surface area contributed by atoms with Crippen LogP contribution < -0.4 is 5.32 Å². The third kappa shape index (κ3) is 4.15. The number of amides is 1. The summed E-state index contributed by atoms with van der Waals surface area (Å²) < 4.78 is 4.72. The van der Waals surface area contributed by atoms with Crippen molar-refractivity contribution in [1.29, 1.82) is 0 Å². The second-order valence-corrected chi connectivity index (χ2v) is 6.61. The van der Waals surface area contributed by atoms with Crippen LogP contribution in [0.15, 0.2) is 53.9 Å². The Morgan fingerprint density at radius 3 is 2.65 bits per heavy atom. The fourth-order valence-electron chi connectivity index (χ4n) is 2.46. The molecule has 1 heterocycles. The fraction of sp³-hybridized carbons (Fsp3) is 0.150. The highest BCUT2D eigenvalue weighted by Gasteiger charge is 2.12. The molecule has 1 aromatic heterocycles. The Morgan fingerprint density at radius 1 is 1.15 bits per heavy atom. The molecule has 0 bridgehead atoms. The van der Waals surface area contributed by atoms with Gasteiger partial charge in [-0.05, 0) is 24.6 Å². The summed E-state index contributed by atoms with van der Waals surface area (Å²) >= 11 is 1.51. The van der Waals surface area contributed by atoms with Crippen LogP contribution in [0.1, 0.15) is 21.6 Å². The maximum Gasteiger partial charge on any atom is 0.337 e. The Kier molecular flexibility index (Phi) is 5.43. The summed E-state index contributed by atoms with van der Waals surface area (Å²) in [6, 6.07) is 14.9. The number of thiazole rings is 1. The molecule has 3 rings (SSSR count). The number of methoxy groups -OCH3 is 1. The van der Waals surface area contributed by atoms with Gasteiger partial charge in [0.15, 0.2) is 0 Å². The Balaban J connectivity index is 1.70. The van der Waals surface area contributed by atoms with E-state index in [4.69, 9.17) is 4.74 Å². The Morgan fingerprint density at radius 2 is 1.92 bits per heavy atom. The summed E-state index contributed by atoms with van der Waals surface area (Å²) in [6.07, 6.45) is 0.172. The molecule has 0 aliphatic heterocycles. The van der Waals surface area contributed by atoms with Crippen LogP contribution in [0.2, 0.25) is 0 Å². The van der Waals surface area contributed by atoms with Crippen molar-refractivity contribution in [2.75, 3.05) is 12.4 Å². The van der Waals surface area contributed by atoms with Gasteiger partial charge in [-0.25, -0.2) is 9.78 Å². The van der Waals surface area contributed by atoms with Crippen molar-refractivity contribution < 1.29 is 14.3 Å². The molecular weight excluding hydrogens is 348 g/mol. The van der Waals surface area contributed by atoms with E-state index < -0.39 is 5.97 Å². The number of anilines is 1. The summed E-state index contributed by atoms with van der Waals surface area (Å²) in [5.74, 6) is -0.618. The first-order chi connectivity index (χ1) is 12.6. The van der Waals surface area contributed by atoms with Gasteiger partial charge in [-0.3, -0.25) is 4.79 Å². The number of esters is 1. The molecule has 0 aliphatic carbocycles. The van der Waals surface area contributed by atoms with Gasteiger partial charge in [0.05, 0.1) is 24.8 Å². The highest BCUT2D eigenvalue weighted by atomic mass is 32.1. The molecule has 0 fully saturated rings. The quantitative estimate of drug-likeness (QED) is 0.691. The normalized spacial score (nSPS) is 10.4. The van der Waals surface area contributed by atoms with E-state index in [9.17, 15) is 9.59 Å². The number of hydrogen-bond donors (Lipinski definition) is 1. The van der Waals surface area contributed by atoms with Crippen LogP contribution >= 0.6 is 11.3 Å². The minimum absolute atomic E-state index is 0.172. The summed E-state index contributed by atoms with van der Waals surface area (Å²) in [7, 11) is 1.33. The molecule has 0 unspecified atom stereocenters. The lowest BCUT2D eigenvalue weighted by atomic mass is 10.1. The molecule has 26 heavy (non-hydrogen) atoms. The number of rotatable bonds is 5. The van der Waals surface area contributed by atoms with Crippen molar-refractivity contribution in [3.63, 3.8) is 0 Å². The van der Waals surface area contributed by atoms with Crippen LogP contribution in [0.25, 0.3) is 10.6 Å². The standard InChI is InChI=1S/C20H18N2O3S/c1-13-8-9-15(20(24)25-2)10-17(13)22-18(23)11-16-12-26-19(21-16)14-6-4-3-5-7-14/h3-10,12H,11H2,1-2H3,(H,22,23). The van der Waals surface area contributed by atoms with E-state index in [1.54, 1.807) is 18.2 Å². The SMILES string of the molecule is COC(=O)c1ccc(C)c(NC(=O)Cc2csc(-c3ccccc3)n2)c1. The molecule has 2 aromatic carbocycles. The first kappa shape index (κ1) is 17.8. The van der Waals surface area contributed by atoms with Gasteiger partial charge in [0.2, 0.25) is 5.91 Å². The van der Waals surface area contributed by atoms with Gasteiger partial charge >= 0.3 is 5.97 Å². The maximum atomic E-state index is 12.4. The van der Waals surface area contributed by atoms with Gasteiger partial charge in [0, 0.05) is 16.6 Å². The largest absolute Gasteiger partial charge is 0.465 e. The molecule has 0 radical (unpaired) electrons. The third-order valence-electron chi connectivity index (χ3n) is 3.85. The van der Waals surface area contributed by atoms with E-state index in [0.29, 0.717) is 16.9 Å². The molecule has 132 valence electrons. The zero-order valence-corrected chi connectivity index (χ0v) is 15.3. The molecule has 1 amide bonds. The zero-order chi connectivity index (χ0) is 18.5. The number of benzene rings is 2. The minimum Gasteiger partial charge on any atom is -0.465 e. The van der Waals surface area contributed by atoms with Crippen molar-refractivity contribution in [2.45, 2.75) is 13.3 Å². The molecular formula is C20H18N2O3S. The highest BCUT2D eigenvalue weighted by molar-refractivity contribution is 7.13. The lowest BCUT2D eigenvalue weighted by molar-refractivity contribution is -0.115. The van der Waals surface area contributed by atoms with Crippen LogP contribution in [0.3, 0.4) is 0 Å². The smallest absolute Gasteiger partial charge is 0.337 e. The predicted molar refractivity (Wildman–Crippen MR) is 102 cm³/mol. The molecule has 5 nitrogen and oxygen atoms in total. The average Bonchev–Trinajstić information content (AvgIpc) is 3.12. The van der Waals surface area contributed by atoms with Crippen molar-refractivity contribution in [3.05, 3.63) is 70.7 Å². The van der Waals surface area contributed by atoms with Gasteiger partial charge in [-0.2, -0.15) is 0 Å². The first-order valence-electron chi connectivity index (χ1n) is 8.05. The Hall–Kier alpha value is -2.99. The van der Waals surface area contributed by atoms with Crippen molar-refractivity contribution >= 4 is 28.9 Å². The number of aryl methyl sites for hydroxylation is 1. The molecule has 0 spiro atoms. The average molecular weight is 366 g/mol. The van der Waals surface area contributed by atoms with Gasteiger partial charge < -0.3 is 10.1 Å². The van der Waals surface area contributed by atoms with Crippen LogP contribution in [-0.2, 0) is 16.0 Å². The number of hydrogen-bond acceptors (Lipinski definition) is 5. The predicted octanol–water partition coefficient (Wildman–Crippen LogP) is 4.09. The van der Waals surface area contributed by atoms with Gasteiger partial charge in [-0.15, -0.1) is 11.3 Å². The molecule has 0 aliphatic rings. The fourth-order valence-corrected chi connectivity index (χ4v) is 3.29. The number of carbonyl (C=O) groups is 2. The van der Waals surface area contributed by atoms with Gasteiger partial charge in [-0.1, -0.05) is 36.4 Å². The summed E-state index contributed by atoms with van der Waals surface area (Å²) in [5, 5.41) is 5.62. The topological polar surface area (TPSA) is 68.3 Å². The third-order valence-corrected chi connectivity index (χ3v) is 4.79. The number of carbonyl (C=O) groups excluding carboxylic acids is 2. The Bertz CT molecular complexity index is 935. The van der Waals surface area contributed by atoms with Crippen LogP contribution in [0.4, 0.5) is 5.69 Å². The monoisotopic (exact) mass is 366 g/mol. The number of nitrogens with one attached hydrogen (secondary N) is 1. The molecule has 3 aromatic rings. The summed E-state index contributed by atoms with van der Waals surface area (Å²) in [5.41, 5.74) is 3.61. The maximum absolute atomic E-state index is 12.4. The summed E-state index contributed by atoms with van der Waals surface area (Å²) in [6.45, 7) is 1.87. The zero-order valence-electron chi connectivity index (χ0n) is 14.5. The van der Waals surface area contributed by atoms with Gasteiger partial charge in [0.25, 0.3) is 0 Å². The Labute approximate surface area is 155 Å². The lowest BCUT2D eigenvalue weighted by Crippen LogP contribution is -2.16. The second-order valence-electron chi connectivity index (χ2n) is 5.76. The second kappa shape index (κ2) is 7.93. The molecule has 0 saturated heterocycles. The van der Waals surface area contributed by atoms with E-state index >= 15 is 0 Å². The lowest BCUT2D eigenvalue weighted by Gasteiger charge is -2.09. The minimum atomic E-state index is -0.437. The number of nitrogens with zero attached hydrogens (tertiary/aromatic N) is 1. The summed E-state index contributed by atoms with van der Waals surface area (Å²) in [4.78, 5) is 28.5. The molecule has 0 saturated carbocycles. The van der Waals surface area contributed by atoms with Crippen molar-refractivity contribution in [3.8, 4) is 10.6 Å². The van der Waals surface area contributed by atoms with E-state index in [1.165, 1.54) is 18.4 Å². The number of aromatic nitrogens is 1. The van der Waals surface area contributed by atoms with Gasteiger partial charge in [0.1, 0.15) is 5.01 Å². The van der Waals surface area contributed by atoms with Crippen LogP contribution in [0, 0.1) is 6.92 Å². The molecule has 0 atom stereocenters. The van der Waals surface area contributed by atoms with Crippen molar-refractivity contribution in [2.24, 2.45) is 0 Å². The van der Waals surface area contributed by atoms with Crippen molar-refractivity contribution in [1.82, 2.24) is 4.98 Å². The first-order valence-corrected chi connectivity index (χ1v) is 8.93. The van der Waals surface area contributed by atoms with E-state index in [-0.39, 0.29) is 12.3 Å². The highest BCUT2D eigenvalue weighted by Crippen LogP contribution is 2.24. The molecule has 1 N–H and O–H groups in total. The van der Waals surface area contributed by atoms with Crippen LogP contribution in [-0.4, -0.2) is 24.0 Å². The van der Waals surface area contributed by atoms with Crippen LogP contribution in [0.5, 0.6) is 0 Å². The van der Waals surface area contributed by atoms with E-state index in [0.717, 1.165) is 16.1 Å². The molecule has 6 heteroatoms. The van der Waals surface area contributed by atoms with E-state index in [1.807, 2.05) is 42.6 Å². The number of ether oxygens (including phenoxy) is 1. The van der Waals surface area contributed by atoms with E-state index in [2.05, 4.69) is 10.3 Å².